The summed E-state index contributed by atoms with van der Waals surface area (Å²) in [5, 5.41) is 25.4. The van der Waals surface area contributed by atoms with E-state index in [1.165, 1.54) is 32.7 Å². The average Bonchev–Trinajstić information content (AvgIpc) is 3.37. The van der Waals surface area contributed by atoms with Crippen LogP contribution < -0.4 is 0 Å². The lowest BCUT2D eigenvalue weighted by Crippen LogP contribution is -2.29. The smallest absolute Gasteiger partial charge is 0.118 e. The Kier molecular flexibility index (Phi) is 2.54. The predicted molar refractivity (Wildman–Crippen MR) is 89.5 cm³/mol. The molecule has 4 atom stereocenters. The fourth-order valence-corrected chi connectivity index (χ4v) is 4.31. The molecule has 1 saturated heterocycles. The van der Waals surface area contributed by atoms with Crippen molar-refractivity contribution in [2.24, 2.45) is 0 Å². The first-order chi connectivity index (χ1) is 11.1. The number of hydrogen-bond acceptors (Lipinski definition) is 3. The number of aliphatic hydroxyl groups is 2. The number of benzene rings is 3. The fourth-order valence-electron chi connectivity index (χ4n) is 4.31. The molecule has 0 aromatic heterocycles. The van der Waals surface area contributed by atoms with Crippen LogP contribution >= 0.6 is 0 Å². The molecule has 0 radical (unpaired) electrons. The minimum absolute atomic E-state index is 0.0913. The molecule has 1 fully saturated rings. The zero-order valence-corrected chi connectivity index (χ0v) is 13.1. The van der Waals surface area contributed by atoms with Gasteiger partial charge in [-0.3, -0.25) is 0 Å². The van der Waals surface area contributed by atoms with Gasteiger partial charge in [0.15, 0.2) is 0 Å². The lowest BCUT2D eigenvalue weighted by Gasteiger charge is -2.26. The Morgan fingerprint density at radius 3 is 2.30 bits per heavy atom. The summed E-state index contributed by atoms with van der Waals surface area (Å²) < 4.78 is 5.69. The fraction of sp³-hybridized carbons (Fsp3) is 0.300. The Morgan fingerprint density at radius 1 is 0.870 bits per heavy atom. The Labute approximate surface area is 134 Å². The van der Waals surface area contributed by atoms with Crippen LogP contribution in [0.1, 0.15) is 34.5 Å². The molecule has 0 bridgehead atoms. The van der Waals surface area contributed by atoms with Gasteiger partial charge in [-0.1, -0.05) is 36.4 Å². The van der Waals surface area contributed by atoms with Gasteiger partial charge in [-0.05, 0) is 57.6 Å². The summed E-state index contributed by atoms with van der Waals surface area (Å²) in [4.78, 5) is 0. The van der Waals surface area contributed by atoms with E-state index in [0.717, 1.165) is 11.1 Å². The van der Waals surface area contributed by atoms with Crippen molar-refractivity contribution in [1.82, 2.24) is 0 Å². The van der Waals surface area contributed by atoms with Crippen LogP contribution in [-0.2, 0) is 4.74 Å². The first kappa shape index (κ1) is 13.5. The van der Waals surface area contributed by atoms with E-state index in [0.29, 0.717) is 0 Å². The summed E-state index contributed by atoms with van der Waals surface area (Å²) in [6.45, 7) is 4.29. The van der Waals surface area contributed by atoms with Gasteiger partial charge in [-0.15, -0.1) is 0 Å². The summed E-state index contributed by atoms with van der Waals surface area (Å²) in [7, 11) is 0. The number of aliphatic hydroxyl groups excluding tert-OH is 2. The van der Waals surface area contributed by atoms with Crippen molar-refractivity contribution >= 4 is 21.5 Å². The third kappa shape index (κ3) is 1.59. The summed E-state index contributed by atoms with van der Waals surface area (Å²) in [5.74, 6) is 0. The summed E-state index contributed by atoms with van der Waals surface area (Å²) in [5.41, 5.74) is 4.34. The van der Waals surface area contributed by atoms with Crippen LogP contribution in [0.15, 0.2) is 36.4 Å². The number of epoxide rings is 1. The minimum atomic E-state index is -0.871. The van der Waals surface area contributed by atoms with Gasteiger partial charge < -0.3 is 14.9 Å². The molecule has 3 heteroatoms. The highest BCUT2D eigenvalue weighted by molar-refractivity contribution is 6.07. The predicted octanol–water partition coefficient (Wildman–Crippen LogP) is 3.46. The molecule has 0 saturated carbocycles. The van der Waals surface area contributed by atoms with Crippen LogP contribution in [0, 0.1) is 13.8 Å². The molecule has 1 heterocycles. The Morgan fingerprint density at radius 2 is 1.57 bits per heavy atom. The topological polar surface area (TPSA) is 53.0 Å². The van der Waals surface area contributed by atoms with Gasteiger partial charge in [-0.2, -0.15) is 0 Å². The van der Waals surface area contributed by atoms with Crippen molar-refractivity contribution < 1.29 is 14.9 Å². The monoisotopic (exact) mass is 306 g/mol. The zero-order chi connectivity index (χ0) is 15.9. The largest absolute Gasteiger partial charge is 0.387 e. The summed E-state index contributed by atoms with van der Waals surface area (Å²) >= 11 is 0. The van der Waals surface area contributed by atoms with Crippen LogP contribution in [0.3, 0.4) is 0 Å². The molecule has 2 N–H and O–H groups in total. The minimum Gasteiger partial charge on any atom is -0.387 e. The normalized spacial score (nSPS) is 28.7. The highest BCUT2D eigenvalue weighted by Gasteiger charge is 2.54. The first-order valence-corrected chi connectivity index (χ1v) is 8.05. The molecule has 0 spiro atoms. The molecule has 23 heavy (non-hydrogen) atoms. The molecule has 3 aromatic carbocycles. The maximum Gasteiger partial charge on any atom is 0.118 e. The molecular formula is C20H18O3. The van der Waals surface area contributed by atoms with Gasteiger partial charge in [0, 0.05) is 0 Å². The van der Waals surface area contributed by atoms with Crippen LogP contribution in [0.5, 0.6) is 0 Å². The second-order valence-electron chi connectivity index (χ2n) is 6.74. The van der Waals surface area contributed by atoms with Crippen molar-refractivity contribution in [2.45, 2.75) is 38.3 Å². The third-order valence-electron chi connectivity index (χ3n) is 5.58. The van der Waals surface area contributed by atoms with Crippen molar-refractivity contribution in [2.75, 3.05) is 0 Å². The Bertz CT molecular complexity index is 976. The molecule has 3 aromatic rings. The maximum absolute atomic E-state index is 10.4. The number of fused-ring (bicyclic) bond motifs is 6. The van der Waals surface area contributed by atoms with Crippen LogP contribution in [-0.4, -0.2) is 22.4 Å². The quantitative estimate of drug-likeness (QED) is 0.494. The summed E-state index contributed by atoms with van der Waals surface area (Å²) in [6.07, 6.45) is -2.06. The summed E-state index contributed by atoms with van der Waals surface area (Å²) in [6, 6.07) is 12.5. The lowest BCUT2D eigenvalue weighted by molar-refractivity contribution is 0.000104. The van der Waals surface area contributed by atoms with E-state index in [2.05, 4.69) is 44.2 Å². The molecular weight excluding hydrogens is 288 g/mol. The van der Waals surface area contributed by atoms with E-state index in [9.17, 15) is 10.2 Å². The van der Waals surface area contributed by atoms with Crippen molar-refractivity contribution in [1.29, 1.82) is 0 Å². The van der Waals surface area contributed by atoms with E-state index in [1.807, 2.05) is 6.07 Å². The van der Waals surface area contributed by atoms with Crippen molar-refractivity contribution in [3.05, 3.63) is 58.7 Å². The molecule has 5 rings (SSSR count). The number of rotatable bonds is 0. The molecule has 1 aliphatic heterocycles. The van der Waals surface area contributed by atoms with Gasteiger partial charge in [-0.25, -0.2) is 0 Å². The number of aryl methyl sites for hydroxylation is 2. The molecule has 116 valence electrons. The Hall–Kier alpha value is -1.94. The van der Waals surface area contributed by atoms with Gasteiger partial charge in [0.1, 0.15) is 24.4 Å². The second kappa shape index (κ2) is 4.32. The molecule has 3 nitrogen and oxygen atoms in total. The average molecular weight is 306 g/mol. The van der Waals surface area contributed by atoms with Crippen molar-refractivity contribution in [3.63, 3.8) is 0 Å². The van der Waals surface area contributed by atoms with Gasteiger partial charge in [0.25, 0.3) is 0 Å². The number of ether oxygens (including phenoxy) is 1. The molecule has 0 amide bonds. The Balaban J connectivity index is 1.97. The van der Waals surface area contributed by atoms with Crippen LogP contribution in [0.4, 0.5) is 0 Å². The van der Waals surface area contributed by atoms with Gasteiger partial charge in [0.05, 0.1) is 0 Å². The third-order valence-corrected chi connectivity index (χ3v) is 5.58. The highest BCUT2D eigenvalue weighted by Crippen LogP contribution is 2.54. The molecule has 1 aliphatic carbocycles. The number of hydrogen-bond donors (Lipinski definition) is 2. The first-order valence-electron chi connectivity index (χ1n) is 8.05. The maximum atomic E-state index is 10.4. The second-order valence-corrected chi connectivity index (χ2v) is 6.74. The zero-order valence-electron chi connectivity index (χ0n) is 13.1. The highest BCUT2D eigenvalue weighted by atomic mass is 16.6. The molecule has 1 unspecified atom stereocenters. The van der Waals surface area contributed by atoms with E-state index < -0.39 is 12.2 Å². The van der Waals surface area contributed by atoms with E-state index in [-0.39, 0.29) is 12.2 Å². The van der Waals surface area contributed by atoms with E-state index in [4.69, 9.17) is 4.74 Å². The van der Waals surface area contributed by atoms with Gasteiger partial charge >= 0.3 is 0 Å². The van der Waals surface area contributed by atoms with E-state index in [1.54, 1.807) is 0 Å². The van der Waals surface area contributed by atoms with Crippen LogP contribution in [0.2, 0.25) is 0 Å². The van der Waals surface area contributed by atoms with Crippen LogP contribution in [0.25, 0.3) is 21.5 Å². The van der Waals surface area contributed by atoms with Crippen molar-refractivity contribution in [3.8, 4) is 0 Å². The molecule has 2 aliphatic rings. The lowest BCUT2D eigenvalue weighted by atomic mass is 9.81. The van der Waals surface area contributed by atoms with E-state index >= 15 is 0 Å². The van der Waals surface area contributed by atoms with Gasteiger partial charge in [0.2, 0.25) is 0 Å². The SMILES string of the molecule is Cc1c2ccccc2c(C)c2c3c(ccc12)[C@H](O)C(O)[C@@H]1O[C@H]31. The standard InChI is InChI=1S/C20H18O3/c1-9-11-5-3-4-6-12(11)10(2)15-13(9)7-8-14-16(15)19-20(23-19)18(22)17(14)21/h3-8,17-22H,1-2H3/t17-,18?,19+,20-/m0/s1.